The van der Waals surface area contributed by atoms with Crippen molar-refractivity contribution in [3.63, 3.8) is 0 Å². The fraction of sp³-hybridized carbons (Fsp3) is 0. The van der Waals surface area contributed by atoms with Crippen LogP contribution < -0.4 is 0 Å². The lowest BCUT2D eigenvalue weighted by Gasteiger charge is -2.19. The molecule has 0 amide bonds. The predicted octanol–water partition coefficient (Wildman–Crippen LogP) is 25.9. The lowest BCUT2D eigenvalue weighted by atomic mass is 9.84. The van der Waals surface area contributed by atoms with Gasteiger partial charge in [-0.15, -0.1) is 0 Å². The fourth-order valence-electron chi connectivity index (χ4n) is 13.4. The van der Waals surface area contributed by atoms with Crippen LogP contribution in [0.5, 0.6) is 0 Å². The van der Waals surface area contributed by atoms with Crippen molar-refractivity contribution >= 4 is 141 Å². The molecule has 0 fully saturated rings. The van der Waals surface area contributed by atoms with Gasteiger partial charge >= 0.3 is 0 Å². The van der Waals surface area contributed by atoms with Crippen molar-refractivity contribution in [1.82, 2.24) is 0 Å². The van der Waals surface area contributed by atoms with Crippen molar-refractivity contribution in [2.24, 2.45) is 0 Å². The summed E-state index contributed by atoms with van der Waals surface area (Å²) in [5.41, 5.74) is 1.33. The number of rotatable bonds is 5. The minimum absolute atomic E-state index is 0.186. The molecular weight excluding hydrogens is 1110 g/mol. The van der Waals surface area contributed by atoms with Crippen LogP contribution in [0.3, 0.4) is 0 Å². The molecule has 18 aromatic carbocycles. The maximum Gasteiger partial charge on any atom is 0.136 e. The molecule has 0 bridgehead atoms. The lowest BCUT2D eigenvalue weighted by molar-refractivity contribution is 0.669. The van der Waals surface area contributed by atoms with Crippen LogP contribution in [0.4, 0.5) is 0 Å². The van der Waals surface area contributed by atoms with Gasteiger partial charge in [0.05, 0.1) is 43.9 Å². The summed E-state index contributed by atoms with van der Waals surface area (Å²) in [5.74, 6) is 0. The Morgan fingerprint density at radius 1 is 0.207 bits per heavy atom. The van der Waals surface area contributed by atoms with Gasteiger partial charge in [0.25, 0.3) is 0 Å². The molecule has 0 unspecified atom stereocenters. The fourth-order valence-corrected chi connectivity index (χ4v) is 13.4. The van der Waals surface area contributed by atoms with Crippen LogP contribution in [0.2, 0.25) is 0 Å². The second-order valence-corrected chi connectivity index (χ2v) is 22.0. The van der Waals surface area contributed by atoms with E-state index >= 15 is 0 Å². The van der Waals surface area contributed by atoms with Crippen LogP contribution in [0.15, 0.2) is 336 Å². The van der Waals surface area contributed by atoms with E-state index in [-0.39, 0.29) is 56.5 Å². The topological polar surface area (TPSA) is 26.3 Å². The summed E-state index contributed by atoms with van der Waals surface area (Å²) in [6.45, 7) is 0. The monoisotopic (exact) mass is 1200 g/mol. The summed E-state index contributed by atoms with van der Waals surface area (Å²) in [5, 5.41) is 3.53. The molecule has 92 heavy (non-hydrogen) atoms. The van der Waals surface area contributed by atoms with Crippen LogP contribution in [0, 0.1) is 0 Å². The molecule has 2 nitrogen and oxygen atoms in total. The Kier molecular flexibility index (Phi) is 6.65. The molecule has 0 aliphatic carbocycles. The minimum atomic E-state index is -0.944. The maximum absolute atomic E-state index is 9.92. The van der Waals surface area contributed by atoms with Gasteiger partial charge in [0.2, 0.25) is 0 Å². The first kappa shape index (κ1) is 29.5. The number of fused-ring (bicyclic) bond motifs is 19. The Morgan fingerprint density at radius 2 is 0.652 bits per heavy atom. The van der Waals surface area contributed by atoms with Gasteiger partial charge in [-0.1, -0.05) is 303 Å². The average Bonchev–Trinajstić information content (AvgIpc) is 1.26. The predicted molar refractivity (Wildman–Crippen MR) is 392 cm³/mol. The largest absolute Gasteiger partial charge is 0.456 e. The molecule has 0 saturated carbocycles. The molecule has 0 radical (unpaired) electrons. The highest BCUT2D eigenvalue weighted by atomic mass is 16.3. The molecule has 2 heteroatoms. The van der Waals surface area contributed by atoms with Crippen molar-refractivity contribution < 1.29 is 52.7 Å². The summed E-state index contributed by atoms with van der Waals surface area (Å²) in [4.78, 5) is 0. The lowest BCUT2D eigenvalue weighted by Crippen LogP contribution is -1.91. The van der Waals surface area contributed by atoms with Gasteiger partial charge in [-0.3, -0.25) is 0 Å². The highest BCUT2D eigenvalue weighted by Crippen LogP contribution is 2.51. The number of benzene rings is 18. The molecule has 2 heterocycles. The van der Waals surface area contributed by atoms with Crippen LogP contribution in [-0.2, 0) is 0 Å². The van der Waals surface area contributed by atoms with E-state index in [1.54, 1.807) is 0 Å². The van der Waals surface area contributed by atoms with Crippen molar-refractivity contribution in [3.8, 4) is 55.6 Å². The van der Waals surface area contributed by atoms with E-state index < -0.39 is 246 Å². The van der Waals surface area contributed by atoms with E-state index in [1.165, 1.54) is 0 Å². The third-order valence-electron chi connectivity index (χ3n) is 17.2. The van der Waals surface area contributed by atoms with Crippen LogP contribution >= 0.6 is 0 Å². The molecule has 0 saturated heterocycles. The van der Waals surface area contributed by atoms with Crippen LogP contribution in [0.1, 0.15) is 43.9 Å². The third-order valence-corrected chi connectivity index (χ3v) is 17.2. The quantitative estimate of drug-likeness (QED) is 0.161. The summed E-state index contributed by atoms with van der Waals surface area (Å²) >= 11 is 0. The van der Waals surface area contributed by atoms with Crippen molar-refractivity contribution in [2.45, 2.75) is 0 Å². The van der Waals surface area contributed by atoms with Gasteiger partial charge in [-0.25, -0.2) is 0 Å². The van der Waals surface area contributed by atoms with E-state index in [0.717, 1.165) is 65.4 Å². The average molecular weight is 1200 g/mol. The highest BCUT2D eigenvalue weighted by molar-refractivity contribution is 6.32. The molecule has 0 N–H and O–H groups in total. The second kappa shape index (κ2) is 20.8. The second-order valence-electron chi connectivity index (χ2n) is 22.0. The maximum atomic E-state index is 9.92. The molecule has 426 valence electrons. The molecule has 20 rings (SSSR count). The number of hydrogen-bond donors (Lipinski definition) is 0. The normalized spacial score (nSPS) is 16.8. The zero-order chi connectivity index (χ0) is 88.2. The standard InChI is InChI=1S/C50H30O.C40H24O/c1-3-15-35-31(12-1)14-11-23-38(35)48-42-21-9-7-19-40(42)47(41-20-8-10-22-43(41)48)34-26-24-33(25-27-34)44-30-46-50(39-18-6-5-17-37(39)44)49-36-16-4-2-13-32(36)28-29-45(49)51-46;1-2-13-26(14-3-1)37-30-18-8-10-20-32(30)38(33-21-11-9-19-31(33)37)34-24-36-40(29-17-7-6-16-28(29)34)39-27-15-5-4-12-25(27)22-23-35(39)41-36/h1-30H;1-24H/i7D,8D,9D,10D,19D,20D,21D,22D;1D,2D,3D,4D,5D,6D,7D,8D,9D,10D,11D,12D,13D,14D,15D,16D,17D,18D,19D,20D,21D,22D,23D,24D. The Morgan fingerprint density at radius 3 is 1.30 bits per heavy atom. The molecule has 2 aromatic heterocycles. The molecule has 0 spiro atoms. The third kappa shape index (κ3) is 7.94. The first-order valence-electron chi connectivity index (χ1n) is 45.1. The Labute approximate surface area is 574 Å². The molecular formula is C90H54O2. The summed E-state index contributed by atoms with van der Waals surface area (Å²) < 4.78 is 299. The first-order chi connectivity index (χ1) is 59.0. The van der Waals surface area contributed by atoms with E-state index in [0.29, 0.717) is 22.3 Å². The van der Waals surface area contributed by atoms with Gasteiger partial charge in [0.15, 0.2) is 0 Å². The van der Waals surface area contributed by atoms with E-state index in [2.05, 4.69) is 36.4 Å². The summed E-state index contributed by atoms with van der Waals surface area (Å²) in [6.07, 6.45) is 0. The van der Waals surface area contributed by atoms with Gasteiger partial charge in [-0.2, -0.15) is 0 Å². The SMILES string of the molecule is [2H]c1c([2H])c([2H])c(-c2c3c([2H])c([2H])c([2H])c([2H])c3c(-c3c([2H])c4oc5c([2H])c([2H])c6c([2H])c([2H])c([2H])c([2H])c6c5c4c4c([2H])c([2H])c([2H])c([2H])c34)c3c([2H])c([2H])c([2H])c([2H])c23)c([2H])c1[2H].[2H]c1c([2H])c([2H])c2c(-c3cccc4ccccc34)c3c([2H])c([2H])c([2H])c([2H])c3c(-c3ccc(-c4cc5oc6ccc7ccccc7c6c5c5ccccc45)cc3)c2c1[2H]. The highest BCUT2D eigenvalue weighted by Gasteiger charge is 2.24. The summed E-state index contributed by atoms with van der Waals surface area (Å²) in [6, 6.07) is 20.0. The van der Waals surface area contributed by atoms with Gasteiger partial charge in [0, 0.05) is 21.5 Å². The minimum Gasteiger partial charge on any atom is -0.456 e. The Bertz CT molecular complexity index is 8250. The molecule has 0 aliphatic rings. The zero-order valence-corrected chi connectivity index (χ0v) is 47.5. The number of hydrogen-bond acceptors (Lipinski definition) is 2. The van der Waals surface area contributed by atoms with Crippen LogP contribution in [-0.4, -0.2) is 0 Å². The van der Waals surface area contributed by atoms with Gasteiger partial charge in [0.1, 0.15) is 22.3 Å². The summed E-state index contributed by atoms with van der Waals surface area (Å²) in [7, 11) is 0. The van der Waals surface area contributed by atoms with E-state index in [9.17, 15) is 15.1 Å². The molecule has 0 atom stereocenters. The van der Waals surface area contributed by atoms with Gasteiger partial charge < -0.3 is 8.83 Å². The zero-order valence-electron chi connectivity index (χ0n) is 79.5. The van der Waals surface area contributed by atoms with E-state index in [1.807, 2.05) is 97.1 Å². The van der Waals surface area contributed by atoms with Crippen molar-refractivity contribution in [2.75, 3.05) is 0 Å². The molecule has 0 aliphatic heterocycles. The van der Waals surface area contributed by atoms with Gasteiger partial charge in [-0.05, 0) is 177 Å². The number of furan rings is 2. The van der Waals surface area contributed by atoms with Crippen molar-refractivity contribution in [3.05, 3.63) is 327 Å². The van der Waals surface area contributed by atoms with E-state index in [4.69, 9.17) is 37.6 Å². The smallest absolute Gasteiger partial charge is 0.136 e. The molecule has 20 aromatic rings. The Hall–Kier alpha value is -12.1. The Balaban J connectivity index is 0.000000163. The van der Waals surface area contributed by atoms with Crippen molar-refractivity contribution in [1.29, 1.82) is 0 Å². The van der Waals surface area contributed by atoms with Crippen LogP contribution in [0.25, 0.3) is 196 Å². The first-order valence-corrected chi connectivity index (χ1v) is 29.1.